The molecule has 1 aliphatic rings. The molecule has 76 valence electrons. The van der Waals surface area contributed by atoms with E-state index in [1.54, 1.807) is 0 Å². The summed E-state index contributed by atoms with van der Waals surface area (Å²) in [6.07, 6.45) is 1.57. The van der Waals surface area contributed by atoms with E-state index in [-0.39, 0.29) is 5.56 Å². The summed E-state index contributed by atoms with van der Waals surface area (Å²) in [6, 6.07) is 2.43. The van der Waals surface area contributed by atoms with Gasteiger partial charge in [0.2, 0.25) is 0 Å². The number of halogens is 2. The lowest BCUT2D eigenvalue weighted by atomic mass is 9.93. The Kier molecular flexibility index (Phi) is 1.96. The number of hydrogen-bond acceptors (Lipinski definition) is 2. The molecule has 1 aromatic rings. The molecular formula is C10H12F2N2. The highest BCUT2D eigenvalue weighted by Crippen LogP contribution is 2.50. The standard InChI is InChI=1S/C10H12F2N2/c11-6-1-2-7(14)8(9(6)12)10(5-13)3-4-10/h1-2H,3-5,13-14H2. The number of nitrogens with two attached hydrogens (primary N) is 2. The van der Waals surface area contributed by atoms with Crippen LogP contribution < -0.4 is 11.5 Å². The molecule has 0 atom stereocenters. The molecule has 1 fully saturated rings. The maximum atomic E-state index is 13.5. The summed E-state index contributed by atoms with van der Waals surface area (Å²) in [5.74, 6) is -1.69. The molecule has 2 rings (SSSR count). The molecule has 1 saturated carbocycles. The van der Waals surface area contributed by atoms with Gasteiger partial charge >= 0.3 is 0 Å². The number of rotatable bonds is 2. The Labute approximate surface area is 80.9 Å². The Hall–Kier alpha value is -1.16. The highest BCUT2D eigenvalue weighted by molar-refractivity contribution is 5.54. The fraction of sp³-hybridized carbons (Fsp3) is 0.400. The smallest absolute Gasteiger partial charge is 0.164 e. The van der Waals surface area contributed by atoms with Crippen LogP contribution in [0.1, 0.15) is 18.4 Å². The molecule has 0 saturated heterocycles. The van der Waals surface area contributed by atoms with E-state index < -0.39 is 17.0 Å². The van der Waals surface area contributed by atoms with Gasteiger partial charge in [0.1, 0.15) is 0 Å². The SMILES string of the molecule is NCC1(c2c(N)ccc(F)c2F)CC1. The quantitative estimate of drug-likeness (QED) is 0.708. The van der Waals surface area contributed by atoms with Gasteiger partial charge in [0.15, 0.2) is 11.6 Å². The van der Waals surface area contributed by atoms with Gasteiger partial charge in [-0.05, 0) is 25.0 Å². The molecule has 0 bridgehead atoms. The van der Waals surface area contributed by atoms with Crippen molar-refractivity contribution in [2.75, 3.05) is 12.3 Å². The molecule has 0 unspecified atom stereocenters. The molecule has 2 nitrogen and oxygen atoms in total. The molecule has 0 spiro atoms. The highest BCUT2D eigenvalue weighted by atomic mass is 19.2. The maximum absolute atomic E-state index is 13.5. The van der Waals surface area contributed by atoms with Gasteiger partial charge in [-0.1, -0.05) is 0 Å². The van der Waals surface area contributed by atoms with E-state index >= 15 is 0 Å². The van der Waals surface area contributed by atoms with E-state index in [1.807, 2.05) is 0 Å². The third-order valence-corrected chi connectivity index (χ3v) is 2.90. The second kappa shape index (κ2) is 2.92. The van der Waals surface area contributed by atoms with Gasteiger partial charge in [-0.2, -0.15) is 0 Å². The van der Waals surface area contributed by atoms with Crippen LogP contribution in [-0.2, 0) is 5.41 Å². The number of hydrogen-bond donors (Lipinski definition) is 2. The summed E-state index contributed by atoms with van der Waals surface area (Å²) < 4.78 is 26.5. The number of anilines is 1. The van der Waals surface area contributed by atoms with Gasteiger partial charge in [0.05, 0.1) is 0 Å². The molecule has 0 amide bonds. The Bertz CT molecular complexity index is 373. The van der Waals surface area contributed by atoms with Crippen LogP contribution in [0.2, 0.25) is 0 Å². The van der Waals surface area contributed by atoms with Crippen molar-refractivity contribution in [2.24, 2.45) is 5.73 Å². The summed E-state index contributed by atoms with van der Waals surface area (Å²) in [5.41, 5.74) is 11.3. The largest absolute Gasteiger partial charge is 0.398 e. The summed E-state index contributed by atoms with van der Waals surface area (Å²) >= 11 is 0. The average molecular weight is 198 g/mol. The van der Waals surface area contributed by atoms with E-state index in [0.717, 1.165) is 18.9 Å². The summed E-state index contributed by atoms with van der Waals surface area (Å²) in [5, 5.41) is 0. The van der Waals surface area contributed by atoms with Crippen molar-refractivity contribution in [2.45, 2.75) is 18.3 Å². The Morgan fingerprint density at radius 3 is 2.43 bits per heavy atom. The van der Waals surface area contributed by atoms with Crippen molar-refractivity contribution in [3.05, 3.63) is 29.3 Å². The van der Waals surface area contributed by atoms with Crippen LogP contribution in [0.5, 0.6) is 0 Å². The van der Waals surface area contributed by atoms with Crippen LogP contribution in [0.15, 0.2) is 12.1 Å². The van der Waals surface area contributed by atoms with Crippen molar-refractivity contribution in [3.8, 4) is 0 Å². The zero-order valence-corrected chi connectivity index (χ0v) is 7.69. The van der Waals surface area contributed by atoms with Gasteiger partial charge in [-0.3, -0.25) is 0 Å². The fourth-order valence-electron chi connectivity index (χ4n) is 1.81. The summed E-state index contributed by atoms with van der Waals surface area (Å²) in [7, 11) is 0. The fourth-order valence-corrected chi connectivity index (χ4v) is 1.81. The maximum Gasteiger partial charge on any atom is 0.164 e. The Morgan fingerprint density at radius 1 is 1.29 bits per heavy atom. The van der Waals surface area contributed by atoms with Crippen LogP contribution in [0.3, 0.4) is 0 Å². The van der Waals surface area contributed by atoms with E-state index in [0.29, 0.717) is 12.2 Å². The Balaban J connectivity index is 2.57. The third-order valence-electron chi connectivity index (χ3n) is 2.90. The molecule has 1 aliphatic carbocycles. The van der Waals surface area contributed by atoms with Crippen LogP contribution >= 0.6 is 0 Å². The minimum Gasteiger partial charge on any atom is -0.398 e. The molecular weight excluding hydrogens is 186 g/mol. The zero-order chi connectivity index (χ0) is 10.3. The Morgan fingerprint density at radius 2 is 1.93 bits per heavy atom. The molecule has 1 aromatic carbocycles. The normalized spacial score (nSPS) is 18.2. The predicted octanol–water partition coefficient (Wildman–Crippen LogP) is 1.54. The van der Waals surface area contributed by atoms with Crippen LogP contribution in [0.25, 0.3) is 0 Å². The molecule has 0 aliphatic heterocycles. The average Bonchev–Trinajstić information content (AvgIpc) is 2.93. The first-order chi connectivity index (χ1) is 6.60. The number of benzene rings is 1. The lowest BCUT2D eigenvalue weighted by Crippen LogP contribution is -2.23. The molecule has 4 heteroatoms. The van der Waals surface area contributed by atoms with Crippen molar-refractivity contribution in [3.63, 3.8) is 0 Å². The zero-order valence-electron chi connectivity index (χ0n) is 7.69. The van der Waals surface area contributed by atoms with E-state index in [1.165, 1.54) is 6.07 Å². The monoisotopic (exact) mass is 198 g/mol. The van der Waals surface area contributed by atoms with Gasteiger partial charge < -0.3 is 11.5 Å². The molecule has 0 aromatic heterocycles. The van der Waals surface area contributed by atoms with Gasteiger partial charge in [-0.15, -0.1) is 0 Å². The second-order valence-electron chi connectivity index (χ2n) is 3.81. The first-order valence-electron chi connectivity index (χ1n) is 4.55. The molecule has 0 heterocycles. The van der Waals surface area contributed by atoms with Crippen LogP contribution in [0.4, 0.5) is 14.5 Å². The van der Waals surface area contributed by atoms with E-state index in [2.05, 4.69) is 0 Å². The van der Waals surface area contributed by atoms with Crippen molar-refractivity contribution in [1.82, 2.24) is 0 Å². The van der Waals surface area contributed by atoms with Crippen molar-refractivity contribution >= 4 is 5.69 Å². The molecule has 4 N–H and O–H groups in total. The van der Waals surface area contributed by atoms with Crippen molar-refractivity contribution in [1.29, 1.82) is 0 Å². The molecule has 14 heavy (non-hydrogen) atoms. The summed E-state index contributed by atoms with van der Waals surface area (Å²) in [4.78, 5) is 0. The van der Waals surface area contributed by atoms with Gasteiger partial charge in [0, 0.05) is 23.2 Å². The minimum atomic E-state index is -0.853. The summed E-state index contributed by atoms with van der Waals surface area (Å²) in [6.45, 7) is 0.317. The predicted molar refractivity (Wildman–Crippen MR) is 50.7 cm³/mol. The van der Waals surface area contributed by atoms with Gasteiger partial charge in [0.25, 0.3) is 0 Å². The first kappa shape index (κ1) is 9.40. The van der Waals surface area contributed by atoms with Crippen molar-refractivity contribution < 1.29 is 8.78 Å². The van der Waals surface area contributed by atoms with E-state index in [4.69, 9.17) is 11.5 Å². The number of nitrogen functional groups attached to an aromatic ring is 1. The highest BCUT2D eigenvalue weighted by Gasteiger charge is 2.46. The topological polar surface area (TPSA) is 52.0 Å². The lowest BCUT2D eigenvalue weighted by Gasteiger charge is -2.16. The van der Waals surface area contributed by atoms with Crippen LogP contribution in [-0.4, -0.2) is 6.54 Å². The van der Waals surface area contributed by atoms with Crippen LogP contribution in [0, 0.1) is 11.6 Å². The lowest BCUT2D eigenvalue weighted by molar-refractivity contribution is 0.486. The first-order valence-corrected chi connectivity index (χ1v) is 4.55. The minimum absolute atomic E-state index is 0.264. The second-order valence-corrected chi connectivity index (χ2v) is 3.81. The molecule has 0 radical (unpaired) electrons. The van der Waals surface area contributed by atoms with E-state index in [9.17, 15) is 8.78 Å². The van der Waals surface area contributed by atoms with Gasteiger partial charge in [-0.25, -0.2) is 8.78 Å². The third kappa shape index (κ3) is 1.18.